The van der Waals surface area contributed by atoms with Crippen molar-refractivity contribution in [1.82, 2.24) is 34.3 Å². The van der Waals surface area contributed by atoms with Crippen molar-refractivity contribution in [3.05, 3.63) is 36.7 Å². The van der Waals surface area contributed by atoms with E-state index in [1.54, 1.807) is 17.0 Å². The van der Waals surface area contributed by atoms with Crippen molar-refractivity contribution in [3.8, 4) is 11.9 Å². The molecule has 3 aromatic heterocycles. The standard InChI is InChI=1S/C10H10N10O/c11-7(21)6-1-3-20(18-6)10-15-8(17-12)14-9(16-10)19-4-2-13-5-19/h1-5H,12H2,(H2,11,21)(H,14,15,16,17). The number of hydrazine groups is 1. The van der Waals surface area contributed by atoms with Gasteiger partial charge in [0.1, 0.15) is 12.0 Å². The molecule has 11 heteroatoms. The molecule has 0 aliphatic carbocycles. The summed E-state index contributed by atoms with van der Waals surface area (Å²) in [7, 11) is 0. The van der Waals surface area contributed by atoms with E-state index in [2.05, 4.69) is 30.5 Å². The number of anilines is 1. The van der Waals surface area contributed by atoms with Crippen LogP contribution in [-0.2, 0) is 0 Å². The smallest absolute Gasteiger partial charge is 0.269 e. The maximum Gasteiger partial charge on any atom is 0.269 e. The minimum Gasteiger partial charge on any atom is -0.364 e. The summed E-state index contributed by atoms with van der Waals surface area (Å²) < 4.78 is 2.87. The first-order valence-corrected chi connectivity index (χ1v) is 5.74. The molecule has 0 saturated heterocycles. The highest BCUT2D eigenvalue weighted by atomic mass is 16.1. The van der Waals surface area contributed by atoms with Gasteiger partial charge in [-0.3, -0.25) is 14.8 Å². The molecule has 21 heavy (non-hydrogen) atoms. The molecule has 0 aliphatic heterocycles. The van der Waals surface area contributed by atoms with Crippen LogP contribution in [0.3, 0.4) is 0 Å². The summed E-state index contributed by atoms with van der Waals surface area (Å²) >= 11 is 0. The molecular formula is C10H10N10O. The predicted molar refractivity (Wildman–Crippen MR) is 70.4 cm³/mol. The summed E-state index contributed by atoms with van der Waals surface area (Å²) in [5.74, 6) is 5.30. The fourth-order valence-corrected chi connectivity index (χ4v) is 1.58. The largest absolute Gasteiger partial charge is 0.364 e. The molecule has 106 valence electrons. The van der Waals surface area contributed by atoms with Crippen molar-refractivity contribution < 1.29 is 4.79 Å². The van der Waals surface area contributed by atoms with Crippen molar-refractivity contribution >= 4 is 11.9 Å². The van der Waals surface area contributed by atoms with Crippen LogP contribution in [0.25, 0.3) is 11.9 Å². The highest BCUT2D eigenvalue weighted by Gasteiger charge is 2.12. The molecule has 0 unspecified atom stereocenters. The van der Waals surface area contributed by atoms with Crippen molar-refractivity contribution in [2.24, 2.45) is 11.6 Å². The molecule has 0 spiro atoms. The molecule has 3 aromatic rings. The second-order valence-corrected chi connectivity index (χ2v) is 3.88. The Hall–Kier alpha value is -3.34. The van der Waals surface area contributed by atoms with Crippen LogP contribution in [0.2, 0.25) is 0 Å². The van der Waals surface area contributed by atoms with E-state index >= 15 is 0 Å². The van der Waals surface area contributed by atoms with Crippen molar-refractivity contribution in [2.75, 3.05) is 5.43 Å². The topological polar surface area (TPSA) is 155 Å². The Labute approximate surface area is 117 Å². The Morgan fingerprint density at radius 3 is 2.62 bits per heavy atom. The predicted octanol–water partition coefficient (Wildman–Crippen LogP) is -1.37. The zero-order valence-corrected chi connectivity index (χ0v) is 10.6. The maximum atomic E-state index is 11.1. The molecule has 1 amide bonds. The Kier molecular flexibility index (Phi) is 3.00. The van der Waals surface area contributed by atoms with Gasteiger partial charge in [0, 0.05) is 18.6 Å². The first kappa shape index (κ1) is 12.7. The van der Waals surface area contributed by atoms with Gasteiger partial charge in [0.05, 0.1) is 0 Å². The monoisotopic (exact) mass is 286 g/mol. The van der Waals surface area contributed by atoms with Gasteiger partial charge in [-0.2, -0.15) is 20.1 Å². The second-order valence-electron chi connectivity index (χ2n) is 3.88. The number of hydrogen-bond acceptors (Lipinski definition) is 8. The van der Waals surface area contributed by atoms with E-state index in [9.17, 15) is 4.79 Å². The van der Waals surface area contributed by atoms with Crippen LogP contribution in [0.5, 0.6) is 0 Å². The van der Waals surface area contributed by atoms with Crippen LogP contribution < -0.4 is 17.0 Å². The second kappa shape index (κ2) is 4.97. The first-order chi connectivity index (χ1) is 10.2. The van der Waals surface area contributed by atoms with Crippen LogP contribution in [0, 0.1) is 0 Å². The van der Waals surface area contributed by atoms with Crippen LogP contribution in [0.1, 0.15) is 10.5 Å². The quantitative estimate of drug-likeness (QED) is 0.391. The molecule has 0 bridgehead atoms. The average molecular weight is 286 g/mol. The zero-order valence-electron chi connectivity index (χ0n) is 10.6. The third-order valence-corrected chi connectivity index (χ3v) is 2.52. The maximum absolute atomic E-state index is 11.1. The zero-order chi connectivity index (χ0) is 14.8. The number of imidazole rings is 1. The molecular weight excluding hydrogens is 276 g/mol. The van der Waals surface area contributed by atoms with E-state index in [0.29, 0.717) is 5.95 Å². The number of nitrogens with one attached hydrogen (secondary N) is 1. The molecule has 0 saturated carbocycles. The summed E-state index contributed by atoms with van der Waals surface area (Å²) in [6.07, 6.45) is 6.28. The third-order valence-electron chi connectivity index (χ3n) is 2.52. The van der Waals surface area contributed by atoms with Gasteiger partial charge >= 0.3 is 0 Å². The Morgan fingerprint density at radius 2 is 2.00 bits per heavy atom. The fraction of sp³-hybridized carbons (Fsp3) is 0. The lowest BCUT2D eigenvalue weighted by Gasteiger charge is -2.06. The number of hydrogen-bond donors (Lipinski definition) is 3. The molecule has 0 atom stereocenters. The molecule has 0 aromatic carbocycles. The van der Waals surface area contributed by atoms with Gasteiger partial charge in [-0.05, 0) is 6.07 Å². The van der Waals surface area contributed by atoms with Crippen LogP contribution in [0.15, 0.2) is 31.0 Å². The number of carbonyl (C=O) groups excluding carboxylic acids is 1. The van der Waals surface area contributed by atoms with Crippen LogP contribution >= 0.6 is 0 Å². The molecule has 11 nitrogen and oxygen atoms in total. The van der Waals surface area contributed by atoms with E-state index < -0.39 is 5.91 Å². The summed E-state index contributed by atoms with van der Waals surface area (Å²) in [5, 5.41) is 3.97. The van der Waals surface area contributed by atoms with E-state index in [0.717, 1.165) is 0 Å². The lowest BCUT2D eigenvalue weighted by molar-refractivity contribution is 0.0995. The fourth-order valence-electron chi connectivity index (χ4n) is 1.58. The Morgan fingerprint density at radius 1 is 1.19 bits per heavy atom. The minimum absolute atomic E-state index is 0.0989. The summed E-state index contributed by atoms with van der Waals surface area (Å²) in [6, 6.07) is 1.46. The highest BCUT2D eigenvalue weighted by Crippen LogP contribution is 2.08. The highest BCUT2D eigenvalue weighted by molar-refractivity contribution is 5.90. The van der Waals surface area contributed by atoms with Crippen molar-refractivity contribution in [1.29, 1.82) is 0 Å². The van der Waals surface area contributed by atoms with Gasteiger partial charge in [-0.1, -0.05) is 0 Å². The number of nitrogen functional groups attached to an aromatic ring is 1. The lowest BCUT2D eigenvalue weighted by atomic mass is 10.4. The number of nitrogens with two attached hydrogens (primary N) is 2. The number of aromatic nitrogens is 7. The van der Waals surface area contributed by atoms with Gasteiger partial charge in [-0.15, -0.1) is 0 Å². The summed E-state index contributed by atoms with van der Waals surface area (Å²) in [6.45, 7) is 0. The van der Waals surface area contributed by atoms with Crippen molar-refractivity contribution in [2.45, 2.75) is 0 Å². The van der Waals surface area contributed by atoms with Gasteiger partial charge in [0.2, 0.25) is 11.9 Å². The van der Waals surface area contributed by atoms with Gasteiger partial charge in [-0.25, -0.2) is 15.5 Å². The molecule has 3 heterocycles. The number of primary amides is 1. The minimum atomic E-state index is -0.644. The van der Waals surface area contributed by atoms with Gasteiger partial charge < -0.3 is 5.73 Å². The number of amides is 1. The average Bonchev–Trinajstić information content (AvgIpc) is 3.18. The number of nitrogens with zero attached hydrogens (tertiary/aromatic N) is 7. The van der Waals surface area contributed by atoms with E-state index in [4.69, 9.17) is 11.6 Å². The molecule has 0 aliphatic rings. The number of carbonyl (C=O) groups is 1. The summed E-state index contributed by atoms with van der Waals surface area (Å²) in [4.78, 5) is 27.4. The van der Waals surface area contributed by atoms with Crippen molar-refractivity contribution in [3.63, 3.8) is 0 Å². The molecule has 3 rings (SSSR count). The third kappa shape index (κ3) is 2.40. The van der Waals surface area contributed by atoms with E-state index in [-0.39, 0.29) is 17.6 Å². The summed E-state index contributed by atoms with van der Waals surface area (Å²) in [5.41, 5.74) is 7.59. The lowest BCUT2D eigenvalue weighted by Crippen LogP contribution is -2.17. The Bertz CT molecular complexity index is 777. The SMILES string of the molecule is NNc1nc(-n2ccnc2)nc(-n2ccc(C(N)=O)n2)n1. The molecule has 0 radical (unpaired) electrons. The normalized spacial score (nSPS) is 10.5. The van der Waals surface area contributed by atoms with Gasteiger partial charge in [0.15, 0.2) is 0 Å². The number of rotatable bonds is 4. The van der Waals surface area contributed by atoms with Crippen LogP contribution in [-0.4, -0.2) is 40.2 Å². The van der Waals surface area contributed by atoms with Crippen LogP contribution in [0.4, 0.5) is 5.95 Å². The Balaban J connectivity index is 2.09. The molecule has 5 N–H and O–H groups in total. The van der Waals surface area contributed by atoms with Gasteiger partial charge in [0.25, 0.3) is 11.9 Å². The van der Waals surface area contributed by atoms with E-state index in [1.165, 1.54) is 23.3 Å². The van der Waals surface area contributed by atoms with E-state index in [1.807, 2.05) is 0 Å². The molecule has 0 fully saturated rings. The first-order valence-electron chi connectivity index (χ1n) is 5.74.